The van der Waals surface area contributed by atoms with Gasteiger partial charge in [0, 0.05) is 38.2 Å². The molecule has 11 rings (SSSR count). The molecule has 8 aromatic carbocycles. The molecule has 4 heteroatoms. The first-order valence-electron chi connectivity index (χ1n) is 18.3. The van der Waals surface area contributed by atoms with Crippen LogP contribution in [0.3, 0.4) is 0 Å². The third-order valence-corrected chi connectivity index (χ3v) is 10.7. The molecule has 0 amide bonds. The Kier molecular flexibility index (Phi) is 6.82. The van der Waals surface area contributed by atoms with Gasteiger partial charge in [-0.2, -0.15) is 0 Å². The SMILES string of the molecule is c1ccc(-c2ccc(-n3c4ccccc4c4c5c6ccccc6n(-c6nc(-c7ccccc7)c7cc(-c8ccccc8)ccc7n6)c5ccc43)cc2)cc1. The fraction of sp³-hybridized carbons (Fsp3) is 0. The molecule has 4 nitrogen and oxygen atoms in total. The van der Waals surface area contributed by atoms with E-state index in [1.165, 1.54) is 43.8 Å². The lowest BCUT2D eigenvalue weighted by atomic mass is 10.0. The van der Waals surface area contributed by atoms with Crippen LogP contribution in [0.1, 0.15) is 0 Å². The lowest BCUT2D eigenvalue weighted by molar-refractivity contribution is 1.01. The van der Waals surface area contributed by atoms with Crippen molar-refractivity contribution in [3.8, 4) is 45.1 Å². The standard InChI is InChI=1S/C50H32N4/c1-4-14-33(15-5-1)35-24-27-38(28-25-35)53-43-22-12-10-20-39(43)47-45(53)30-31-46-48(47)40-21-11-13-23-44(40)54(46)50-51-42-29-26-37(34-16-6-2-7-17-34)32-41(42)49(52-50)36-18-8-3-9-19-36/h1-32H. The van der Waals surface area contributed by atoms with Gasteiger partial charge in [-0.1, -0.05) is 146 Å². The van der Waals surface area contributed by atoms with Crippen molar-refractivity contribution in [3.63, 3.8) is 0 Å². The molecule has 0 radical (unpaired) electrons. The predicted molar refractivity (Wildman–Crippen MR) is 225 cm³/mol. The van der Waals surface area contributed by atoms with Crippen LogP contribution in [0.5, 0.6) is 0 Å². The van der Waals surface area contributed by atoms with Crippen LogP contribution in [-0.4, -0.2) is 19.1 Å². The molecule has 0 aliphatic heterocycles. The summed E-state index contributed by atoms with van der Waals surface area (Å²) in [6.07, 6.45) is 0. The average Bonchev–Trinajstić information content (AvgIpc) is 3.77. The second kappa shape index (κ2) is 12.1. The van der Waals surface area contributed by atoms with E-state index in [9.17, 15) is 0 Å². The van der Waals surface area contributed by atoms with E-state index >= 15 is 0 Å². The van der Waals surface area contributed by atoms with Gasteiger partial charge in [0.2, 0.25) is 5.95 Å². The summed E-state index contributed by atoms with van der Waals surface area (Å²) in [6, 6.07) is 68.9. The van der Waals surface area contributed by atoms with Gasteiger partial charge in [-0.25, -0.2) is 9.97 Å². The van der Waals surface area contributed by atoms with Gasteiger partial charge >= 0.3 is 0 Å². The van der Waals surface area contributed by atoms with Crippen molar-refractivity contribution < 1.29 is 0 Å². The number of para-hydroxylation sites is 2. The molecule has 0 fully saturated rings. The summed E-state index contributed by atoms with van der Waals surface area (Å²) in [4.78, 5) is 10.7. The minimum Gasteiger partial charge on any atom is -0.309 e. The highest BCUT2D eigenvalue weighted by molar-refractivity contribution is 6.28. The lowest BCUT2D eigenvalue weighted by Crippen LogP contribution is -2.03. The average molecular weight is 689 g/mol. The van der Waals surface area contributed by atoms with Crippen molar-refractivity contribution in [1.82, 2.24) is 19.1 Å². The van der Waals surface area contributed by atoms with Gasteiger partial charge in [-0.15, -0.1) is 0 Å². The van der Waals surface area contributed by atoms with Crippen LogP contribution in [0.4, 0.5) is 0 Å². The van der Waals surface area contributed by atoms with E-state index in [0.717, 1.165) is 50.0 Å². The van der Waals surface area contributed by atoms with E-state index < -0.39 is 0 Å². The molecule has 0 bridgehead atoms. The van der Waals surface area contributed by atoms with Crippen molar-refractivity contribution >= 4 is 54.5 Å². The van der Waals surface area contributed by atoms with Gasteiger partial charge in [-0.3, -0.25) is 4.57 Å². The van der Waals surface area contributed by atoms with Gasteiger partial charge in [0.25, 0.3) is 0 Å². The molecule has 0 atom stereocenters. The molecule has 0 N–H and O–H groups in total. The highest BCUT2D eigenvalue weighted by Crippen LogP contribution is 2.42. The highest BCUT2D eigenvalue weighted by Gasteiger charge is 2.22. The van der Waals surface area contributed by atoms with Crippen molar-refractivity contribution in [2.45, 2.75) is 0 Å². The van der Waals surface area contributed by atoms with E-state index in [0.29, 0.717) is 5.95 Å². The molecule has 3 aromatic heterocycles. The molecule has 0 aliphatic rings. The van der Waals surface area contributed by atoms with Gasteiger partial charge < -0.3 is 4.57 Å². The molecule has 0 unspecified atom stereocenters. The number of hydrogen-bond donors (Lipinski definition) is 0. The first-order valence-corrected chi connectivity index (χ1v) is 18.3. The van der Waals surface area contributed by atoms with Crippen LogP contribution >= 0.6 is 0 Å². The number of hydrogen-bond acceptors (Lipinski definition) is 2. The lowest BCUT2D eigenvalue weighted by Gasteiger charge is -2.13. The summed E-state index contributed by atoms with van der Waals surface area (Å²) in [5.74, 6) is 0.652. The number of rotatable bonds is 5. The van der Waals surface area contributed by atoms with E-state index in [2.05, 4.69) is 203 Å². The predicted octanol–water partition coefficient (Wildman–Crippen LogP) is 12.8. The quantitative estimate of drug-likeness (QED) is 0.180. The maximum atomic E-state index is 5.42. The van der Waals surface area contributed by atoms with Gasteiger partial charge in [0.15, 0.2) is 0 Å². The zero-order valence-electron chi connectivity index (χ0n) is 29.3. The Hall–Kier alpha value is -7.30. The molecule has 11 aromatic rings. The van der Waals surface area contributed by atoms with E-state index in [4.69, 9.17) is 9.97 Å². The summed E-state index contributed by atoms with van der Waals surface area (Å²) in [7, 11) is 0. The van der Waals surface area contributed by atoms with Crippen molar-refractivity contribution in [2.75, 3.05) is 0 Å². The van der Waals surface area contributed by atoms with E-state index in [-0.39, 0.29) is 0 Å². The van der Waals surface area contributed by atoms with E-state index in [1.807, 2.05) is 0 Å². The monoisotopic (exact) mass is 688 g/mol. The van der Waals surface area contributed by atoms with Crippen LogP contribution in [0.2, 0.25) is 0 Å². The normalized spacial score (nSPS) is 11.7. The maximum Gasteiger partial charge on any atom is 0.235 e. The topological polar surface area (TPSA) is 35.6 Å². The second-order valence-electron chi connectivity index (χ2n) is 13.8. The summed E-state index contributed by atoms with van der Waals surface area (Å²) in [5, 5.41) is 5.83. The summed E-state index contributed by atoms with van der Waals surface area (Å²) in [6.45, 7) is 0. The van der Waals surface area contributed by atoms with E-state index in [1.54, 1.807) is 0 Å². The van der Waals surface area contributed by atoms with Crippen LogP contribution in [0.25, 0.3) is 99.7 Å². The summed E-state index contributed by atoms with van der Waals surface area (Å²) < 4.78 is 4.65. The van der Waals surface area contributed by atoms with Crippen LogP contribution < -0.4 is 0 Å². The Morgan fingerprint density at radius 2 is 0.796 bits per heavy atom. The zero-order valence-corrected chi connectivity index (χ0v) is 29.3. The zero-order chi connectivity index (χ0) is 35.6. The summed E-state index contributed by atoms with van der Waals surface area (Å²) >= 11 is 0. The molecule has 3 heterocycles. The molecular weight excluding hydrogens is 657 g/mol. The maximum absolute atomic E-state index is 5.42. The minimum atomic E-state index is 0.652. The Morgan fingerprint density at radius 3 is 1.43 bits per heavy atom. The van der Waals surface area contributed by atoms with Crippen LogP contribution in [0.15, 0.2) is 194 Å². The Balaban J connectivity index is 1.17. The van der Waals surface area contributed by atoms with Crippen molar-refractivity contribution in [2.24, 2.45) is 0 Å². The molecule has 0 aliphatic carbocycles. The number of benzene rings is 8. The fourth-order valence-electron chi connectivity index (χ4n) is 8.29. The number of aromatic nitrogens is 4. The van der Waals surface area contributed by atoms with Gasteiger partial charge in [0.1, 0.15) is 0 Å². The third kappa shape index (κ3) is 4.70. The minimum absolute atomic E-state index is 0.652. The molecule has 0 saturated carbocycles. The smallest absolute Gasteiger partial charge is 0.235 e. The first-order chi connectivity index (χ1) is 26.8. The fourth-order valence-corrected chi connectivity index (χ4v) is 8.29. The largest absolute Gasteiger partial charge is 0.309 e. The summed E-state index contributed by atoms with van der Waals surface area (Å²) in [5.41, 5.74) is 13.2. The van der Waals surface area contributed by atoms with Crippen molar-refractivity contribution in [1.29, 1.82) is 0 Å². The van der Waals surface area contributed by atoms with Crippen molar-refractivity contribution in [3.05, 3.63) is 194 Å². The molecular formula is C50H32N4. The molecule has 0 spiro atoms. The Labute approximate surface area is 311 Å². The first kappa shape index (κ1) is 30.3. The van der Waals surface area contributed by atoms with Crippen LogP contribution in [0, 0.1) is 0 Å². The Morgan fingerprint density at radius 1 is 0.315 bits per heavy atom. The molecule has 0 saturated heterocycles. The molecule has 54 heavy (non-hydrogen) atoms. The third-order valence-electron chi connectivity index (χ3n) is 10.7. The molecule has 252 valence electrons. The highest BCUT2D eigenvalue weighted by atomic mass is 15.2. The second-order valence-corrected chi connectivity index (χ2v) is 13.8. The Bertz CT molecular complexity index is 3180. The van der Waals surface area contributed by atoms with Gasteiger partial charge in [0.05, 0.1) is 33.3 Å². The number of fused-ring (bicyclic) bond motifs is 8. The van der Waals surface area contributed by atoms with Gasteiger partial charge in [-0.05, 0) is 70.8 Å². The number of nitrogens with zero attached hydrogens (tertiary/aromatic N) is 4. The van der Waals surface area contributed by atoms with Crippen LogP contribution in [-0.2, 0) is 0 Å².